The lowest BCUT2D eigenvalue weighted by Crippen LogP contribution is -2.42. The number of nitrogens with zero attached hydrogens (tertiary/aromatic N) is 1. The molecule has 1 heterocycles. The van der Waals surface area contributed by atoms with Crippen LogP contribution in [0.3, 0.4) is 0 Å². The minimum absolute atomic E-state index is 0.193. The van der Waals surface area contributed by atoms with E-state index in [0.29, 0.717) is 11.3 Å². The summed E-state index contributed by atoms with van der Waals surface area (Å²) >= 11 is 0. The van der Waals surface area contributed by atoms with E-state index in [2.05, 4.69) is 10.9 Å². The van der Waals surface area contributed by atoms with Crippen molar-refractivity contribution in [1.82, 2.24) is 15.4 Å². The normalized spacial score (nSPS) is 10.6. The Kier molecular flexibility index (Phi) is 5.54. The molecule has 5 nitrogen and oxygen atoms in total. The molecule has 2 N–H and O–H groups in total. The van der Waals surface area contributed by atoms with Gasteiger partial charge in [0.25, 0.3) is 5.91 Å². The molecule has 0 saturated heterocycles. The van der Waals surface area contributed by atoms with Crippen molar-refractivity contribution in [2.24, 2.45) is 0 Å². The molecular weight excluding hydrogens is 364 g/mol. The second-order valence-electron chi connectivity index (χ2n) is 6.37. The van der Waals surface area contributed by atoms with E-state index in [1.54, 1.807) is 31.2 Å². The summed E-state index contributed by atoms with van der Waals surface area (Å²) in [6.07, 6.45) is -0.193. The fourth-order valence-corrected chi connectivity index (χ4v) is 3.03. The van der Waals surface area contributed by atoms with Gasteiger partial charge in [0.2, 0.25) is 5.91 Å². The minimum Gasteiger partial charge on any atom is -0.318 e. The molecule has 7 heteroatoms. The van der Waals surface area contributed by atoms with E-state index in [0.717, 1.165) is 11.4 Å². The third-order valence-electron chi connectivity index (χ3n) is 4.38. The van der Waals surface area contributed by atoms with Crippen LogP contribution in [0, 0.1) is 25.5 Å². The first kappa shape index (κ1) is 19.3. The number of carbonyl (C=O) groups is 2. The third kappa shape index (κ3) is 4.09. The molecule has 0 radical (unpaired) electrons. The van der Waals surface area contributed by atoms with E-state index in [-0.39, 0.29) is 17.8 Å². The minimum atomic E-state index is -0.536. The van der Waals surface area contributed by atoms with Gasteiger partial charge in [0.15, 0.2) is 0 Å². The summed E-state index contributed by atoms with van der Waals surface area (Å²) in [6.45, 7) is 3.58. The summed E-state index contributed by atoms with van der Waals surface area (Å²) in [5.74, 6) is -1.86. The molecule has 2 aromatic carbocycles. The van der Waals surface area contributed by atoms with Gasteiger partial charge in [-0.2, -0.15) is 0 Å². The highest BCUT2D eigenvalue weighted by atomic mass is 19.1. The van der Waals surface area contributed by atoms with Gasteiger partial charge < -0.3 is 4.57 Å². The number of benzene rings is 2. The number of rotatable bonds is 4. The molecular formula is C21H19F2N3O2. The summed E-state index contributed by atoms with van der Waals surface area (Å²) < 4.78 is 28.6. The van der Waals surface area contributed by atoms with Gasteiger partial charge in [-0.15, -0.1) is 0 Å². The first-order valence-corrected chi connectivity index (χ1v) is 8.64. The molecule has 0 aliphatic rings. The molecule has 2 amide bonds. The largest absolute Gasteiger partial charge is 0.318 e. The average Bonchev–Trinajstić information content (AvgIpc) is 2.97. The van der Waals surface area contributed by atoms with Crippen molar-refractivity contribution >= 4 is 11.8 Å². The predicted molar refractivity (Wildman–Crippen MR) is 101 cm³/mol. The van der Waals surface area contributed by atoms with Crippen LogP contribution in [-0.4, -0.2) is 16.4 Å². The molecule has 0 bridgehead atoms. The average molecular weight is 383 g/mol. The Hall–Kier alpha value is -3.48. The Morgan fingerprint density at radius 3 is 2.32 bits per heavy atom. The molecule has 0 unspecified atom stereocenters. The fourth-order valence-electron chi connectivity index (χ4n) is 3.03. The van der Waals surface area contributed by atoms with Crippen LogP contribution in [0.1, 0.15) is 27.3 Å². The van der Waals surface area contributed by atoms with Crippen LogP contribution in [0.15, 0.2) is 54.6 Å². The van der Waals surface area contributed by atoms with Crippen LogP contribution in [0.2, 0.25) is 0 Å². The van der Waals surface area contributed by atoms with E-state index >= 15 is 0 Å². The Bertz CT molecular complexity index is 1030. The van der Waals surface area contributed by atoms with E-state index < -0.39 is 17.6 Å². The van der Waals surface area contributed by atoms with E-state index in [9.17, 15) is 18.4 Å². The molecule has 0 saturated carbocycles. The number of hydrogen-bond acceptors (Lipinski definition) is 2. The molecule has 3 rings (SSSR count). The van der Waals surface area contributed by atoms with E-state index in [4.69, 9.17) is 0 Å². The van der Waals surface area contributed by atoms with Gasteiger partial charge in [0, 0.05) is 17.1 Å². The topological polar surface area (TPSA) is 63.1 Å². The lowest BCUT2D eigenvalue weighted by Gasteiger charge is -2.10. The number of aromatic nitrogens is 1. The summed E-state index contributed by atoms with van der Waals surface area (Å²) in [5.41, 5.74) is 7.40. The molecule has 0 spiro atoms. The van der Waals surface area contributed by atoms with Crippen molar-refractivity contribution in [2.45, 2.75) is 20.3 Å². The highest BCUT2D eigenvalue weighted by Gasteiger charge is 2.17. The number of hydrazine groups is 1. The summed E-state index contributed by atoms with van der Waals surface area (Å²) in [5, 5.41) is 0. The fraction of sp³-hybridized carbons (Fsp3) is 0.143. The zero-order valence-electron chi connectivity index (χ0n) is 15.4. The SMILES string of the molecule is Cc1cc(C(=O)NNC(=O)Cc2ccccc2F)c(C)n1-c1ccc(F)cc1. The number of aryl methyl sites for hydroxylation is 1. The van der Waals surface area contributed by atoms with E-state index in [1.807, 2.05) is 11.5 Å². The number of carbonyl (C=O) groups excluding carboxylic acids is 2. The quantitative estimate of drug-likeness (QED) is 0.679. The highest BCUT2D eigenvalue weighted by Crippen LogP contribution is 2.21. The van der Waals surface area contributed by atoms with Crippen LogP contribution < -0.4 is 10.9 Å². The Morgan fingerprint density at radius 2 is 1.64 bits per heavy atom. The van der Waals surface area contributed by atoms with Crippen LogP contribution in [0.4, 0.5) is 8.78 Å². The smallest absolute Gasteiger partial charge is 0.271 e. The zero-order valence-corrected chi connectivity index (χ0v) is 15.4. The van der Waals surface area contributed by atoms with Crippen molar-refractivity contribution in [1.29, 1.82) is 0 Å². The summed E-state index contributed by atoms with van der Waals surface area (Å²) in [4.78, 5) is 24.4. The molecule has 0 fully saturated rings. The second-order valence-corrected chi connectivity index (χ2v) is 6.37. The molecule has 28 heavy (non-hydrogen) atoms. The Balaban J connectivity index is 1.69. The van der Waals surface area contributed by atoms with Crippen LogP contribution in [0.5, 0.6) is 0 Å². The lowest BCUT2D eigenvalue weighted by molar-refractivity contribution is -0.121. The van der Waals surface area contributed by atoms with Crippen molar-refractivity contribution < 1.29 is 18.4 Å². The predicted octanol–water partition coefficient (Wildman–Crippen LogP) is 3.38. The number of halogens is 2. The van der Waals surface area contributed by atoms with Gasteiger partial charge in [-0.1, -0.05) is 18.2 Å². The van der Waals surface area contributed by atoms with Crippen molar-refractivity contribution in [3.05, 3.63) is 88.7 Å². The van der Waals surface area contributed by atoms with Gasteiger partial charge in [-0.3, -0.25) is 20.4 Å². The van der Waals surface area contributed by atoms with E-state index in [1.165, 1.54) is 30.3 Å². The van der Waals surface area contributed by atoms with Crippen molar-refractivity contribution in [3.8, 4) is 5.69 Å². The maximum absolute atomic E-state index is 13.6. The first-order valence-electron chi connectivity index (χ1n) is 8.64. The molecule has 3 aromatic rings. The van der Waals surface area contributed by atoms with Crippen LogP contribution in [-0.2, 0) is 11.2 Å². The van der Waals surface area contributed by atoms with Gasteiger partial charge in [0.05, 0.1) is 12.0 Å². The molecule has 0 atom stereocenters. The highest BCUT2D eigenvalue weighted by molar-refractivity contribution is 5.97. The summed E-state index contributed by atoms with van der Waals surface area (Å²) in [6, 6.07) is 13.5. The molecule has 1 aromatic heterocycles. The lowest BCUT2D eigenvalue weighted by atomic mass is 10.1. The third-order valence-corrected chi connectivity index (χ3v) is 4.38. The van der Waals surface area contributed by atoms with Gasteiger partial charge in [-0.25, -0.2) is 8.78 Å². The zero-order chi connectivity index (χ0) is 20.3. The van der Waals surface area contributed by atoms with Gasteiger partial charge in [0.1, 0.15) is 11.6 Å². The number of amides is 2. The van der Waals surface area contributed by atoms with Crippen molar-refractivity contribution in [2.75, 3.05) is 0 Å². The standard InChI is InChI=1S/C21H19F2N3O2/c1-13-11-18(14(2)26(13)17-9-7-16(22)8-10-17)21(28)25-24-20(27)12-15-5-3-4-6-19(15)23/h3-11H,12H2,1-2H3,(H,24,27)(H,25,28). The van der Waals surface area contributed by atoms with Gasteiger partial charge >= 0.3 is 0 Å². The second kappa shape index (κ2) is 8.04. The first-order chi connectivity index (χ1) is 13.4. The summed E-state index contributed by atoms with van der Waals surface area (Å²) in [7, 11) is 0. The van der Waals surface area contributed by atoms with Crippen LogP contribution in [0.25, 0.3) is 5.69 Å². The molecule has 0 aliphatic heterocycles. The van der Waals surface area contributed by atoms with Crippen LogP contribution >= 0.6 is 0 Å². The maximum atomic E-state index is 13.6. The maximum Gasteiger partial charge on any atom is 0.271 e. The van der Waals surface area contributed by atoms with Crippen molar-refractivity contribution in [3.63, 3.8) is 0 Å². The van der Waals surface area contributed by atoms with Gasteiger partial charge in [-0.05, 0) is 55.8 Å². The number of nitrogens with one attached hydrogen (secondary N) is 2. The number of hydrogen-bond donors (Lipinski definition) is 2. The Labute approximate surface area is 161 Å². The Morgan fingerprint density at radius 1 is 0.964 bits per heavy atom. The molecule has 0 aliphatic carbocycles. The molecule has 144 valence electrons. The monoisotopic (exact) mass is 383 g/mol.